The lowest BCUT2D eigenvalue weighted by molar-refractivity contribution is -0.124. The van der Waals surface area contributed by atoms with Crippen molar-refractivity contribution >= 4 is 17.6 Å². The van der Waals surface area contributed by atoms with E-state index in [1.807, 2.05) is 0 Å². The molecule has 0 heterocycles. The summed E-state index contributed by atoms with van der Waals surface area (Å²) in [5, 5.41) is 2.16. The van der Waals surface area contributed by atoms with Gasteiger partial charge in [-0.2, -0.15) is 0 Å². The standard InChI is InChI=1S/C15H15F3N2O3/c16-8-5-10(17)12(11(18)6-8)15(23)20-13(14(19)22)7-2-1-3-9(21)4-7/h5-7,13H,1-4H2,(H2,19,22)(H,20,23)/t7-,13-/m1/s1. The van der Waals surface area contributed by atoms with Gasteiger partial charge in [-0.25, -0.2) is 13.2 Å². The van der Waals surface area contributed by atoms with Gasteiger partial charge in [-0.15, -0.1) is 0 Å². The second-order valence-electron chi connectivity index (χ2n) is 5.49. The normalized spacial score (nSPS) is 19.3. The smallest absolute Gasteiger partial charge is 0.257 e. The number of amides is 2. The highest BCUT2D eigenvalue weighted by Gasteiger charge is 2.33. The molecule has 3 N–H and O–H groups in total. The van der Waals surface area contributed by atoms with Gasteiger partial charge in [0.25, 0.3) is 5.91 Å². The molecule has 0 saturated heterocycles. The first-order chi connectivity index (χ1) is 10.8. The zero-order valence-corrected chi connectivity index (χ0v) is 12.1. The Morgan fingerprint density at radius 2 is 1.83 bits per heavy atom. The number of primary amides is 1. The number of rotatable bonds is 4. The van der Waals surface area contributed by atoms with Gasteiger partial charge in [0, 0.05) is 25.0 Å². The molecule has 5 nitrogen and oxygen atoms in total. The van der Waals surface area contributed by atoms with Crippen LogP contribution in [0.3, 0.4) is 0 Å². The van der Waals surface area contributed by atoms with Gasteiger partial charge in [0.1, 0.15) is 34.8 Å². The Labute approximate surface area is 130 Å². The second kappa shape index (κ2) is 6.80. The largest absolute Gasteiger partial charge is 0.368 e. The van der Waals surface area contributed by atoms with E-state index in [9.17, 15) is 27.6 Å². The fourth-order valence-electron chi connectivity index (χ4n) is 2.74. The summed E-state index contributed by atoms with van der Waals surface area (Å²) in [7, 11) is 0. The van der Waals surface area contributed by atoms with E-state index in [0.717, 1.165) is 0 Å². The molecule has 0 bridgehead atoms. The van der Waals surface area contributed by atoms with E-state index in [4.69, 9.17) is 5.73 Å². The molecule has 1 aliphatic rings. The zero-order chi connectivity index (χ0) is 17.1. The number of hydrogen-bond donors (Lipinski definition) is 2. The van der Waals surface area contributed by atoms with Crippen molar-refractivity contribution in [3.8, 4) is 0 Å². The van der Waals surface area contributed by atoms with Crippen LogP contribution in [0.4, 0.5) is 13.2 Å². The van der Waals surface area contributed by atoms with Crippen molar-refractivity contribution in [2.45, 2.75) is 31.7 Å². The predicted molar refractivity (Wildman–Crippen MR) is 73.7 cm³/mol. The van der Waals surface area contributed by atoms with E-state index in [1.165, 1.54) is 0 Å². The van der Waals surface area contributed by atoms with Crippen LogP contribution in [0.25, 0.3) is 0 Å². The van der Waals surface area contributed by atoms with Crippen molar-refractivity contribution < 1.29 is 27.6 Å². The lowest BCUT2D eigenvalue weighted by atomic mass is 9.82. The third-order valence-corrected chi connectivity index (χ3v) is 3.82. The van der Waals surface area contributed by atoms with Crippen molar-refractivity contribution in [3.05, 3.63) is 35.1 Å². The molecule has 1 saturated carbocycles. The molecular formula is C15H15F3N2O3. The average Bonchev–Trinajstić information content (AvgIpc) is 2.43. The lowest BCUT2D eigenvalue weighted by Crippen LogP contribution is -2.50. The molecule has 1 aromatic rings. The molecule has 0 aliphatic heterocycles. The van der Waals surface area contributed by atoms with E-state index in [0.29, 0.717) is 31.4 Å². The number of halogens is 3. The molecule has 124 valence electrons. The van der Waals surface area contributed by atoms with Crippen LogP contribution in [0, 0.1) is 23.4 Å². The van der Waals surface area contributed by atoms with E-state index < -0.39 is 46.8 Å². The number of ketones is 1. The van der Waals surface area contributed by atoms with Crippen LogP contribution < -0.4 is 11.1 Å². The Bertz CT molecular complexity index is 640. The van der Waals surface area contributed by atoms with Crippen LogP contribution in [0.1, 0.15) is 36.0 Å². The van der Waals surface area contributed by atoms with Crippen molar-refractivity contribution in [2.24, 2.45) is 11.7 Å². The molecule has 2 rings (SSSR count). The van der Waals surface area contributed by atoms with E-state index >= 15 is 0 Å². The Morgan fingerprint density at radius 3 is 2.35 bits per heavy atom. The van der Waals surface area contributed by atoms with E-state index in [1.54, 1.807) is 0 Å². The zero-order valence-electron chi connectivity index (χ0n) is 12.1. The third kappa shape index (κ3) is 3.88. The maximum atomic E-state index is 13.6. The quantitative estimate of drug-likeness (QED) is 0.876. The Balaban J connectivity index is 2.22. The molecule has 0 radical (unpaired) electrons. The fourth-order valence-corrected chi connectivity index (χ4v) is 2.74. The minimum absolute atomic E-state index is 0.0578. The SMILES string of the molecule is NC(=O)[C@H](NC(=O)c1c(F)cc(F)cc1F)[C@@H]1CCCC(=O)C1. The molecule has 1 aliphatic carbocycles. The van der Waals surface area contributed by atoms with Crippen molar-refractivity contribution in [3.63, 3.8) is 0 Å². The molecule has 0 aromatic heterocycles. The number of carbonyl (C=O) groups excluding carboxylic acids is 3. The number of benzene rings is 1. The summed E-state index contributed by atoms with van der Waals surface area (Å²) in [6.07, 6.45) is 1.47. The van der Waals surface area contributed by atoms with Crippen LogP contribution in [0.15, 0.2) is 12.1 Å². The molecule has 0 spiro atoms. The highest BCUT2D eigenvalue weighted by molar-refractivity contribution is 5.98. The van der Waals surface area contributed by atoms with E-state index in [2.05, 4.69) is 5.32 Å². The van der Waals surface area contributed by atoms with Crippen molar-refractivity contribution in [1.82, 2.24) is 5.32 Å². The third-order valence-electron chi connectivity index (χ3n) is 3.82. The highest BCUT2D eigenvalue weighted by Crippen LogP contribution is 2.25. The van der Waals surface area contributed by atoms with Crippen LogP contribution in [-0.4, -0.2) is 23.6 Å². The number of Topliss-reactive ketones (excluding diaryl/α,β-unsaturated/α-hetero) is 1. The number of nitrogens with two attached hydrogens (primary N) is 1. The Hall–Kier alpha value is -2.38. The molecule has 2 atom stereocenters. The van der Waals surface area contributed by atoms with Crippen molar-refractivity contribution in [2.75, 3.05) is 0 Å². The molecule has 8 heteroatoms. The molecule has 1 aromatic carbocycles. The highest BCUT2D eigenvalue weighted by atomic mass is 19.1. The summed E-state index contributed by atoms with van der Waals surface area (Å²) in [6, 6.07) is -0.501. The number of carbonyl (C=O) groups is 3. The summed E-state index contributed by atoms with van der Waals surface area (Å²) >= 11 is 0. The lowest BCUT2D eigenvalue weighted by Gasteiger charge is -2.28. The van der Waals surface area contributed by atoms with Gasteiger partial charge < -0.3 is 11.1 Å². The summed E-state index contributed by atoms with van der Waals surface area (Å²) in [5.41, 5.74) is 4.23. The van der Waals surface area contributed by atoms with Gasteiger partial charge >= 0.3 is 0 Å². The van der Waals surface area contributed by atoms with Gasteiger partial charge in [-0.1, -0.05) is 0 Å². The van der Waals surface area contributed by atoms with Crippen LogP contribution in [-0.2, 0) is 9.59 Å². The fraction of sp³-hybridized carbons (Fsp3) is 0.400. The summed E-state index contributed by atoms with van der Waals surface area (Å²) in [4.78, 5) is 35.1. The summed E-state index contributed by atoms with van der Waals surface area (Å²) in [5.74, 6) is -6.65. The number of hydrogen-bond acceptors (Lipinski definition) is 3. The molecule has 1 fully saturated rings. The first kappa shape index (κ1) is 17.0. The van der Waals surface area contributed by atoms with Crippen LogP contribution in [0.2, 0.25) is 0 Å². The monoisotopic (exact) mass is 328 g/mol. The van der Waals surface area contributed by atoms with Gasteiger partial charge in [0.2, 0.25) is 5.91 Å². The van der Waals surface area contributed by atoms with Gasteiger partial charge in [0.05, 0.1) is 0 Å². The average molecular weight is 328 g/mol. The van der Waals surface area contributed by atoms with Gasteiger partial charge in [0.15, 0.2) is 0 Å². The predicted octanol–water partition coefficient (Wildman–Crippen LogP) is 1.45. The maximum Gasteiger partial charge on any atom is 0.257 e. The summed E-state index contributed by atoms with van der Waals surface area (Å²) < 4.78 is 40.1. The Morgan fingerprint density at radius 1 is 1.22 bits per heavy atom. The maximum absolute atomic E-state index is 13.6. The van der Waals surface area contributed by atoms with Crippen LogP contribution >= 0.6 is 0 Å². The molecule has 0 unspecified atom stereocenters. The first-order valence-corrected chi connectivity index (χ1v) is 7.06. The number of nitrogens with one attached hydrogen (secondary N) is 1. The molecule has 23 heavy (non-hydrogen) atoms. The minimum Gasteiger partial charge on any atom is -0.368 e. The first-order valence-electron chi connectivity index (χ1n) is 7.06. The summed E-state index contributed by atoms with van der Waals surface area (Å²) in [6.45, 7) is 0. The minimum atomic E-state index is -1.39. The van der Waals surface area contributed by atoms with Gasteiger partial charge in [-0.3, -0.25) is 14.4 Å². The van der Waals surface area contributed by atoms with E-state index in [-0.39, 0.29) is 12.2 Å². The Kier molecular flexibility index (Phi) is 5.02. The second-order valence-corrected chi connectivity index (χ2v) is 5.49. The molecule has 2 amide bonds. The molecular weight excluding hydrogens is 313 g/mol. The van der Waals surface area contributed by atoms with Gasteiger partial charge in [-0.05, 0) is 18.8 Å². The topological polar surface area (TPSA) is 89.3 Å². The van der Waals surface area contributed by atoms with Crippen LogP contribution in [0.5, 0.6) is 0 Å². The van der Waals surface area contributed by atoms with Crippen molar-refractivity contribution in [1.29, 1.82) is 0 Å².